The maximum absolute atomic E-state index is 12.7. The fraction of sp³-hybridized carbons (Fsp3) is 0.550. The summed E-state index contributed by atoms with van der Waals surface area (Å²) >= 11 is 12.2. The van der Waals surface area contributed by atoms with Crippen LogP contribution in [0.1, 0.15) is 30.7 Å². The van der Waals surface area contributed by atoms with Crippen LogP contribution in [0.2, 0.25) is 10.0 Å². The van der Waals surface area contributed by atoms with Crippen molar-refractivity contribution in [1.82, 2.24) is 29.9 Å². The predicted molar refractivity (Wildman–Crippen MR) is 116 cm³/mol. The number of nitrogens with one attached hydrogen (secondary N) is 2. The van der Waals surface area contributed by atoms with E-state index in [1.54, 1.807) is 7.05 Å². The number of nitrogens with zero attached hydrogens (tertiary/aromatic N) is 4. The normalized spacial score (nSPS) is 22.0. The highest BCUT2D eigenvalue weighted by Gasteiger charge is 2.42. The quantitative estimate of drug-likeness (QED) is 0.746. The molecule has 2 saturated heterocycles. The number of hydrogen-bond acceptors (Lipinski definition) is 4. The van der Waals surface area contributed by atoms with Gasteiger partial charge in [-0.25, -0.2) is 14.7 Å². The van der Waals surface area contributed by atoms with E-state index in [1.165, 1.54) is 4.57 Å². The third kappa shape index (κ3) is 4.50. The van der Waals surface area contributed by atoms with Crippen molar-refractivity contribution in [3.05, 3.63) is 50.1 Å². The van der Waals surface area contributed by atoms with E-state index in [0.29, 0.717) is 15.9 Å². The average molecular weight is 453 g/mol. The number of hydrogen-bond donors (Lipinski definition) is 2. The zero-order valence-electron chi connectivity index (χ0n) is 17.0. The molecule has 30 heavy (non-hydrogen) atoms. The second-order valence-electron chi connectivity index (χ2n) is 8.40. The fourth-order valence-corrected chi connectivity index (χ4v) is 4.90. The Morgan fingerprint density at radius 3 is 2.80 bits per heavy atom. The first-order valence-electron chi connectivity index (χ1n) is 10.1. The smallest absolute Gasteiger partial charge is 0.331 e. The van der Waals surface area contributed by atoms with Gasteiger partial charge in [0.25, 0.3) is 0 Å². The Kier molecular flexibility index (Phi) is 6.09. The zero-order valence-corrected chi connectivity index (χ0v) is 18.5. The molecule has 1 unspecified atom stereocenters. The van der Waals surface area contributed by atoms with Gasteiger partial charge in [-0.15, -0.1) is 0 Å². The summed E-state index contributed by atoms with van der Waals surface area (Å²) in [4.78, 5) is 28.5. The Hall–Kier alpha value is -2.03. The van der Waals surface area contributed by atoms with Gasteiger partial charge in [0.05, 0.1) is 16.6 Å². The van der Waals surface area contributed by atoms with E-state index >= 15 is 0 Å². The zero-order chi connectivity index (χ0) is 21.3. The molecule has 2 aliphatic rings. The highest BCUT2D eigenvalue weighted by atomic mass is 35.5. The van der Waals surface area contributed by atoms with Crippen LogP contribution in [0.25, 0.3) is 0 Å². The molecule has 2 N–H and O–H groups in total. The molecule has 0 radical (unpaired) electrons. The number of rotatable bonds is 4. The third-order valence-corrected chi connectivity index (χ3v) is 6.97. The maximum Gasteiger partial charge on any atom is 0.343 e. The Morgan fingerprint density at radius 2 is 2.07 bits per heavy atom. The number of aromatic nitrogens is 3. The minimum atomic E-state index is -0.288. The lowest BCUT2D eigenvalue weighted by molar-refractivity contribution is 0.107. The highest BCUT2D eigenvalue weighted by molar-refractivity contribution is 6.42. The van der Waals surface area contributed by atoms with Gasteiger partial charge in [0.15, 0.2) is 5.82 Å². The standard InChI is InChI=1S/C20H26Cl2N6O2/c1-26-17(24-25-19(26)30)10-23-18(29)28-7-2-5-20(13-28)6-8-27(12-20)11-14-3-4-15(21)16(22)9-14/h3-4,9H,2,5-8,10-13H2,1H3,(H,23,29)(H,25,30). The highest BCUT2D eigenvalue weighted by Crippen LogP contribution is 2.39. The van der Waals surface area contributed by atoms with E-state index in [-0.39, 0.29) is 23.7 Å². The number of urea groups is 1. The number of amides is 2. The lowest BCUT2D eigenvalue weighted by atomic mass is 9.79. The first kappa shape index (κ1) is 21.2. The van der Waals surface area contributed by atoms with E-state index in [0.717, 1.165) is 57.5 Å². The van der Waals surface area contributed by atoms with Gasteiger partial charge in [0.1, 0.15) is 0 Å². The van der Waals surface area contributed by atoms with Crippen molar-refractivity contribution in [3.63, 3.8) is 0 Å². The molecule has 2 aromatic rings. The van der Waals surface area contributed by atoms with Gasteiger partial charge in [0.2, 0.25) is 0 Å². The molecule has 2 aliphatic heterocycles. The summed E-state index contributed by atoms with van der Waals surface area (Å²) in [5.41, 5.74) is 0.992. The summed E-state index contributed by atoms with van der Waals surface area (Å²) < 4.78 is 1.40. The molecule has 2 amide bonds. The number of halogens is 2. The van der Waals surface area contributed by atoms with Crippen LogP contribution in [0.15, 0.2) is 23.0 Å². The summed E-state index contributed by atoms with van der Waals surface area (Å²) in [6.07, 6.45) is 3.20. The molecule has 1 atom stereocenters. The number of likely N-dealkylation sites (tertiary alicyclic amines) is 2. The topological polar surface area (TPSA) is 86.3 Å². The van der Waals surface area contributed by atoms with Crippen LogP contribution in [-0.4, -0.2) is 56.8 Å². The van der Waals surface area contributed by atoms with Crippen molar-refractivity contribution < 1.29 is 4.79 Å². The molecule has 8 nitrogen and oxygen atoms in total. The van der Waals surface area contributed by atoms with Gasteiger partial charge in [-0.3, -0.25) is 9.47 Å². The van der Waals surface area contributed by atoms with E-state index in [4.69, 9.17) is 23.2 Å². The Labute approximate surface area is 185 Å². The molecule has 0 aliphatic carbocycles. The molecule has 0 saturated carbocycles. The molecule has 1 aromatic carbocycles. The van der Waals surface area contributed by atoms with E-state index < -0.39 is 0 Å². The van der Waals surface area contributed by atoms with Gasteiger partial charge in [0, 0.05) is 38.6 Å². The van der Waals surface area contributed by atoms with Gasteiger partial charge in [-0.1, -0.05) is 29.3 Å². The lowest BCUT2D eigenvalue weighted by Gasteiger charge is -2.40. The molecule has 162 valence electrons. The van der Waals surface area contributed by atoms with Crippen LogP contribution in [0.4, 0.5) is 4.79 Å². The molecule has 3 heterocycles. The summed E-state index contributed by atoms with van der Waals surface area (Å²) in [7, 11) is 1.63. The molecular weight excluding hydrogens is 427 g/mol. The predicted octanol–water partition coefficient (Wildman–Crippen LogP) is 2.61. The molecule has 10 heteroatoms. The SMILES string of the molecule is Cn1c(CNC(=O)N2CCCC3(CCN(Cc4ccc(Cl)c(Cl)c4)C3)C2)n[nH]c1=O. The monoisotopic (exact) mass is 452 g/mol. The number of piperidine rings is 1. The van der Waals surface area contributed by atoms with E-state index in [2.05, 4.69) is 20.4 Å². The minimum absolute atomic E-state index is 0.104. The second-order valence-corrected chi connectivity index (χ2v) is 9.21. The van der Waals surface area contributed by atoms with Crippen molar-refractivity contribution in [2.75, 3.05) is 26.2 Å². The van der Waals surface area contributed by atoms with Crippen molar-refractivity contribution in [2.45, 2.75) is 32.4 Å². The minimum Gasteiger partial charge on any atom is -0.331 e. The van der Waals surface area contributed by atoms with Crippen molar-refractivity contribution >= 4 is 29.2 Å². The van der Waals surface area contributed by atoms with Crippen molar-refractivity contribution in [1.29, 1.82) is 0 Å². The summed E-state index contributed by atoms with van der Waals surface area (Å²) in [6, 6.07) is 5.68. The van der Waals surface area contributed by atoms with Gasteiger partial charge < -0.3 is 10.2 Å². The Balaban J connectivity index is 1.33. The summed E-state index contributed by atoms with van der Waals surface area (Å²) in [6.45, 7) is 4.52. The van der Waals surface area contributed by atoms with Crippen LogP contribution >= 0.6 is 23.2 Å². The number of carbonyl (C=O) groups is 1. The van der Waals surface area contributed by atoms with Crippen LogP contribution in [0, 0.1) is 5.41 Å². The van der Waals surface area contributed by atoms with Crippen LogP contribution < -0.4 is 11.0 Å². The van der Waals surface area contributed by atoms with Gasteiger partial charge in [-0.2, -0.15) is 5.10 Å². The first-order valence-corrected chi connectivity index (χ1v) is 10.9. The van der Waals surface area contributed by atoms with Gasteiger partial charge in [-0.05, 0) is 43.5 Å². The third-order valence-electron chi connectivity index (χ3n) is 6.23. The molecule has 0 bridgehead atoms. The molecular formula is C20H26Cl2N6O2. The Bertz CT molecular complexity index is 990. The van der Waals surface area contributed by atoms with Crippen LogP contribution in [0.3, 0.4) is 0 Å². The van der Waals surface area contributed by atoms with E-state index in [9.17, 15) is 9.59 Å². The summed E-state index contributed by atoms with van der Waals surface area (Å²) in [5, 5.41) is 10.4. The van der Waals surface area contributed by atoms with Crippen molar-refractivity contribution in [3.8, 4) is 0 Å². The lowest BCUT2D eigenvalue weighted by Crippen LogP contribution is -2.50. The number of benzene rings is 1. The number of aromatic amines is 1. The fourth-order valence-electron chi connectivity index (χ4n) is 4.58. The van der Waals surface area contributed by atoms with Crippen LogP contribution in [-0.2, 0) is 20.1 Å². The second kappa shape index (κ2) is 8.61. The molecule has 4 rings (SSSR count). The Morgan fingerprint density at radius 1 is 1.23 bits per heavy atom. The largest absolute Gasteiger partial charge is 0.343 e. The average Bonchev–Trinajstić information content (AvgIpc) is 3.26. The van der Waals surface area contributed by atoms with E-state index in [1.807, 2.05) is 23.1 Å². The van der Waals surface area contributed by atoms with Gasteiger partial charge >= 0.3 is 11.7 Å². The first-order chi connectivity index (χ1) is 14.3. The number of carbonyl (C=O) groups excluding carboxylic acids is 1. The molecule has 1 spiro atoms. The maximum atomic E-state index is 12.7. The molecule has 1 aromatic heterocycles. The van der Waals surface area contributed by atoms with Crippen molar-refractivity contribution in [2.24, 2.45) is 12.5 Å². The summed E-state index contributed by atoms with van der Waals surface area (Å²) in [5.74, 6) is 0.508. The molecule has 2 fully saturated rings. The number of H-pyrrole nitrogens is 1. The van der Waals surface area contributed by atoms with Crippen LogP contribution in [0.5, 0.6) is 0 Å².